The van der Waals surface area contributed by atoms with Crippen LogP contribution in [0.2, 0.25) is 0 Å². The van der Waals surface area contributed by atoms with Crippen molar-refractivity contribution in [3.8, 4) is 5.75 Å². The van der Waals surface area contributed by atoms with E-state index < -0.39 is 0 Å². The zero-order valence-electron chi connectivity index (χ0n) is 10.8. The van der Waals surface area contributed by atoms with Crippen LogP contribution in [-0.2, 0) is 11.3 Å². The lowest BCUT2D eigenvalue weighted by Gasteiger charge is -2.23. The number of ether oxygens (including phenoxy) is 2. The molecule has 1 fully saturated rings. The average Bonchev–Trinajstić information content (AvgIpc) is 2.82. The minimum atomic E-state index is -0.306. The lowest BCUT2D eigenvalue weighted by molar-refractivity contribution is 0.0598. The van der Waals surface area contributed by atoms with Crippen molar-refractivity contribution in [2.75, 3.05) is 26.9 Å². The summed E-state index contributed by atoms with van der Waals surface area (Å²) in [4.78, 5) is 12.5. The molecule has 1 aromatic heterocycles. The Morgan fingerprint density at radius 2 is 2.56 bits per heavy atom. The van der Waals surface area contributed by atoms with Gasteiger partial charge in [-0.25, -0.2) is 0 Å². The summed E-state index contributed by atoms with van der Waals surface area (Å²) in [6.07, 6.45) is 2.51. The molecule has 0 radical (unpaired) electrons. The normalized spacial score (nSPS) is 19.8. The molecule has 1 aromatic rings. The zero-order valence-corrected chi connectivity index (χ0v) is 10.8. The van der Waals surface area contributed by atoms with Gasteiger partial charge in [0.05, 0.1) is 32.6 Å². The van der Waals surface area contributed by atoms with Crippen LogP contribution in [0, 0.1) is 0 Å². The number of Topliss-reactive ketones (excluding diaryl/α,β-unsaturated/α-hetero) is 1. The van der Waals surface area contributed by atoms with Crippen LogP contribution in [0.4, 0.5) is 0 Å². The number of morpholine rings is 1. The Kier molecular flexibility index (Phi) is 4.33. The van der Waals surface area contributed by atoms with E-state index in [0.29, 0.717) is 37.7 Å². The van der Waals surface area contributed by atoms with Crippen molar-refractivity contribution in [2.45, 2.75) is 25.9 Å². The predicted octanol–water partition coefficient (Wildman–Crippen LogP) is 0.473. The molecule has 1 unspecified atom stereocenters. The molecule has 0 amide bonds. The fourth-order valence-electron chi connectivity index (χ4n) is 2.05. The molecule has 6 nitrogen and oxygen atoms in total. The highest BCUT2D eigenvalue weighted by Crippen LogP contribution is 2.20. The average molecular weight is 253 g/mol. The number of carbonyl (C=O) groups excluding carboxylic acids is 1. The number of aryl methyl sites for hydroxylation is 1. The minimum Gasteiger partial charge on any atom is -0.493 e. The van der Waals surface area contributed by atoms with Gasteiger partial charge < -0.3 is 14.8 Å². The van der Waals surface area contributed by atoms with Crippen molar-refractivity contribution < 1.29 is 14.3 Å². The maximum atomic E-state index is 12.5. The largest absolute Gasteiger partial charge is 0.493 e. The SMILES string of the molecule is CCCn1ncc(OC)c1C(=O)C1COCCN1. The van der Waals surface area contributed by atoms with Gasteiger partial charge in [0.2, 0.25) is 5.78 Å². The second-order valence-corrected chi connectivity index (χ2v) is 4.23. The molecule has 2 heterocycles. The maximum Gasteiger partial charge on any atom is 0.203 e. The number of methoxy groups -OCH3 is 1. The molecule has 1 atom stereocenters. The second-order valence-electron chi connectivity index (χ2n) is 4.23. The Hall–Kier alpha value is -1.40. The summed E-state index contributed by atoms with van der Waals surface area (Å²) < 4.78 is 12.2. The first-order valence-corrected chi connectivity index (χ1v) is 6.23. The Morgan fingerprint density at radius 1 is 1.72 bits per heavy atom. The van der Waals surface area contributed by atoms with E-state index in [-0.39, 0.29) is 11.8 Å². The van der Waals surface area contributed by atoms with Crippen LogP contribution in [-0.4, -0.2) is 48.5 Å². The molecule has 18 heavy (non-hydrogen) atoms. The van der Waals surface area contributed by atoms with Gasteiger partial charge in [-0.05, 0) is 6.42 Å². The number of hydrogen-bond acceptors (Lipinski definition) is 5. The van der Waals surface area contributed by atoms with E-state index >= 15 is 0 Å². The van der Waals surface area contributed by atoms with Crippen LogP contribution < -0.4 is 10.1 Å². The van der Waals surface area contributed by atoms with Crippen LogP contribution in [0.25, 0.3) is 0 Å². The third-order valence-corrected chi connectivity index (χ3v) is 2.93. The van der Waals surface area contributed by atoms with Gasteiger partial charge >= 0.3 is 0 Å². The van der Waals surface area contributed by atoms with Crippen molar-refractivity contribution >= 4 is 5.78 Å². The molecule has 1 N–H and O–H groups in total. The minimum absolute atomic E-state index is 0.0162. The highest BCUT2D eigenvalue weighted by Gasteiger charge is 2.28. The van der Waals surface area contributed by atoms with Crippen molar-refractivity contribution in [3.05, 3.63) is 11.9 Å². The molecule has 6 heteroatoms. The fourth-order valence-corrected chi connectivity index (χ4v) is 2.05. The van der Waals surface area contributed by atoms with E-state index in [1.165, 1.54) is 0 Å². The van der Waals surface area contributed by atoms with Gasteiger partial charge in [0.25, 0.3) is 0 Å². The lowest BCUT2D eigenvalue weighted by Crippen LogP contribution is -2.47. The van der Waals surface area contributed by atoms with Gasteiger partial charge in [-0.1, -0.05) is 6.92 Å². The summed E-state index contributed by atoms with van der Waals surface area (Å²) in [7, 11) is 1.55. The molecular formula is C12H19N3O3. The summed E-state index contributed by atoms with van der Waals surface area (Å²) in [6.45, 7) is 4.50. The highest BCUT2D eigenvalue weighted by atomic mass is 16.5. The van der Waals surface area contributed by atoms with Crippen molar-refractivity contribution in [1.82, 2.24) is 15.1 Å². The van der Waals surface area contributed by atoms with Gasteiger partial charge in [-0.3, -0.25) is 9.48 Å². The quantitative estimate of drug-likeness (QED) is 0.773. The van der Waals surface area contributed by atoms with Crippen molar-refractivity contribution in [2.24, 2.45) is 0 Å². The number of aromatic nitrogens is 2. The molecule has 1 aliphatic rings. The molecule has 0 saturated carbocycles. The fraction of sp³-hybridized carbons (Fsp3) is 0.667. The third kappa shape index (κ3) is 2.54. The molecule has 1 aliphatic heterocycles. The molecular weight excluding hydrogens is 234 g/mol. The van der Waals surface area contributed by atoms with E-state index in [4.69, 9.17) is 9.47 Å². The van der Waals surface area contributed by atoms with Crippen LogP contribution in [0.5, 0.6) is 5.75 Å². The summed E-state index contributed by atoms with van der Waals surface area (Å²) in [6, 6.07) is -0.306. The van der Waals surface area contributed by atoms with Crippen LogP contribution >= 0.6 is 0 Å². The summed E-state index contributed by atoms with van der Waals surface area (Å²) in [5.41, 5.74) is 0.530. The van der Waals surface area contributed by atoms with Crippen LogP contribution in [0.1, 0.15) is 23.8 Å². The number of carbonyl (C=O) groups is 1. The van der Waals surface area contributed by atoms with Gasteiger partial charge in [0.1, 0.15) is 5.69 Å². The molecule has 100 valence electrons. The second kappa shape index (κ2) is 5.97. The highest BCUT2D eigenvalue weighted by molar-refractivity contribution is 6.01. The van der Waals surface area contributed by atoms with Crippen LogP contribution in [0.15, 0.2) is 6.20 Å². The van der Waals surface area contributed by atoms with Crippen molar-refractivity contribution in [3.63, 3.8) is 0 Å². The molecule has 0 aliphatic carbocycles. The smallest absolute Gasteiger partial charge is 0.203 e. The van der Waals surface area contributed by atoms with Gasteiger partial charge in [0, 0.05) is 13.1 Å². The van der Waals surface area contributed by atoms with E-state index in [1.807, 2.05) is 6.92 Å². The first-order valence-electron chi connectivity index (χ1n) is 6.23. The number of hydrogen-bond donors (Lipinski definition) is 1. The van der Waals surface area contributed by atoms with E-state index in [9.17, 15) is 4.79 Å². The molecule has 1 saturated heterocycles. The van der Waals surface area contributed by atoms with E-state index in [0.717, 1.165) is 6.42 Å². The number of ketones is 1. The molecule has 2 rings (SSSR count). The maximum absolute atomic E-state index is 12.5. The lowest BCUT2D eigenvalue weighted by atomic mass is 10.1. The summed E-state index contributed by atoms with van der Waals surface area (Å²) in [5.74, 6) is 0.512. The zero-order chi connectivity index (χ0) is 13.0. The molecule has 0 bridgehead atoms. The topological polar surface area (TPSA) is 65.4 Å². The first-order chi connectivity index (χ1) is 8.77. The molecule has 0 spiro atoms. The predicted molar refractivity (Wildman–Crippen MR) is 66.0 cm³/mol. The number of nitrogens with one attached hydrogen (secondary N) is 1. The van der Waals surface area contributed by atoms with E-state index in [1.54, 1.807) is 18.0 Å². The number of rotatable bonds is 5. The third-order valence-electron chi connectivity index (χ3n) is 2.93. The molecule has 0 aromatic carbocycles. The van der Waals surface area contributed by atoms with Crippen LogP contribution in [0.3, 0.4) is 0 Å². The first kappa shape index (κ1) is 13.0. The monoisotopic (exact) mass is 253 g/mol. The van der Waals surface area contributed by atoms with Gasteiger partial charge in [-0.15, -0.1) is 0 Å². The number of nitrogens with zero attached hydrogens (tertiary/aromatic N) is 2. The Labute approximate surface area is 106 Å². The summed E-state index contributed by atoms with van der Waals surface area (Å²) >= 11 is 0. The van der Waals surface area contributed by atoms with Crippen molar-refractivity contribution in [1.29, 1.82) is 0 Å². The standard InChI is InChI=1S/C12H19N3O3/c1-3-5-15-11(10(17-2)7-14-15)12(16)9-8-18-6-4-13-9/h7,9,13H,3-6,8H2,1-2H3. The van der Waals surface area contributed by atoms with Gasteiger partial charge in [-0.2, -0.15) is 5.10 Å². The Morgan fingerprint density at radius 3 is 3.17 bits per heavy atom. The summed E-state index contributed by atoms with van der Waals surface area (Å²) in [5, 5.41) is 7.35. The Balaban J connectivity index is 2.23. The van der Waals surface area contributed by atoms with E-state index in [2.05, 4.69) is 10.4 Å². The van der Waals surface area contributed by atoms with Gasteiger partial charge in [0.15, 0.2) is 5.75 Å². The Bertz CT molecular complexity index is 411.